The molecule has 5 heteroatoms. The second-order valence-corrected chi connectivity index (χ2v) is 3.87. The molecule has 1 unspecified atom stereocenters. The normalized spacial score (nSPS) is 13.8. The average Bonchev–Trinajstić information content (AvgIpc) is 2.35. The first-order chi connectivity index (χ1) is 5.59. The summed E-state index contributed by atoms with van der Waals surface area (Å²) in [5.74, 6) is 0. The Balaban J connectivity index is 2.52. The maximum absolute atomic E-state index is 12.0. The highest BCUT2D eigenvalue weighted by Gasteiger charge is 2.16. The molecule has 0 aliphatic heterocycles. The number of hydrogen-bond donors (Lipinski definition) is 1. The summed E-state index contributed by atoms with van der Waals surface area (Å²) >= 11 is 6.96. The minimum absolute atomic E-state index is 0.190. The first-order valence-electron chi connectivity index (χ1n) is 3.36. The van der Waals surface area contributed by atoms with E-state index in [1.54, 1.807) is 11.4 Å². The van der Waals surface area contributed by atoms with Crippen LogP contribution >= 0.6 is 22.9 Å². The summed E-state index contributed by atoms with van der Waals surface area (Å²) < 4.78 is 23.9. The Morgan fingerprint density at radius 1 is 1.58 bits per heavy atom. The Labute approximate surface area is 78.1 Å². The summed E-state index contributed by atoms with van der Waals surface area (Å²) in [7, 11) is 0. The van der Waals surface area contributed by atoms with Crippen LogP contribution in [0.5, 0.6) is 0 Å². The van der Waals surface area contributed by atoms with Gasteiger partial charge in [0.25, 0.3) is 6.43 Å². The standard InChI is InChI=1S/C7H8ClF2NS/c8-4-1-5(12-3-4)2-6(11)7(9)10/h1,3,6-7H,2,11H2. The smallest absolute Gasteiger partial charge is 0.253 e. The number of thiophene rings is 1. The highest BCUT2D eigenvalue weighted by molar-refractivity contribution is 7.10. The van der Waals surface area contributed by atoms with Crippen molar-refractivity contribution in [3.05, 3.63) is 21.3 Å². The highest BCUT2D eigenvalue weighted by atomic mass is 35.5. The second kappa shape index (κ2) is 4.16. The number of alkyl halides is 2. The Hall–Kier alpha value is -0.190. The Morgan fingerprint density at radius 2 is 2.25 bits per heavy atom. The molecule has 0 saturated heterocycles. The van der Waals surface area contributed by atoms with E-state index < -0.39 is 12.5 Å². The molecule has 1 nitrogen and oxygen atoms in total. The molecule has 0 aromatic carbocycles. The molecule has 1 atom stereocenters. The van der Waals surface area contributed by atoms with Crippen LogP contribution in [-0.4, -0.2) is 12.5 Å². The topological polar surface area (TPSA) is 26.0 Å². The molecule has 0 spiro atoms. The van der Waals surface area contributed by atoms with Crippen molar-refractivity contribution in [1.82, 2.24) is 0 Å². The summed E-state index contributed by atoms with van der Waals surface area (Å²) in [5.41, 5.74) is 5.17. The zero-order chi connectivity index (χ0) is 9.14. The first kappa shape index (κ1) is 9.89. The van der Waals surface area contributed by atoms with Crippen molar-refractivity contribution < 1.29 is 8.78 Å². The second-order valence-electron chi connectivity index (χ2n) is 2.43. The van der Waals surface area contributed by atoms with E-state index in [-0.39, 0.29) is 6.42 Å². The van der Waals surface area contributed by atoms with Gasteiger partial charge in [0, 0.05) is 16.7 Å². The van der Waals surface area contributed by atoms with Crippen LogP contribution in [0, 0.1) is 0 Å². The van der Waals surface area contributed by atoms with Crippen molar-refractivity contribution in [2.24, 2.45) is 5.73 Å². The number of nitrogens with two attached hydrogens (primary N) is 1. The summed E-state index contributed by atoms with van der Waals surface area (Å²) in [6.07, 6.45) is -2.28. The van der Waals surface area contributed by atoms with Gasteiger partial charge >= 0.3 is 0 Å². The molecule has 0 aliphatic rings. The lowest BCUT2D eigenvalue weighted by Crippen LogP contribution is -2.30. The Kier molecular flexibility index (Phi) is 3.43. The van der Waals surface area contributed by atoms with Crippen LogP contribution in [0.15, 0.2) is 11.4 Å². The van der Waals surface area contributed by atoms with Gasteiger partial charge in [0.1, 0.15) is 0 Å². The lowest BCUT2D eigenvalue weighted by molar-refractivity contribution is 0.116. The van der Waals surface area contributed by atoms with Gasteiger partial charge in [0.2, 0.25) is 0 Å². The quantitative estimate of drug-likeness (QED) is 0.817. The Bertz CT molecular complexity index is 251. The largest absolute Gasteiger partial charge is 0.323 e. The van der Waals surface area contributed by atoms with E-state index in [9.17, 15) is 8.78 Å². The molecule has 2 N–H and O–H groups in total. The van der Waals surface area contributed by atoms with Gasteiger partial charge in [-0.15, -0.1) is 11.3 Å². The fourth-order valence-corrected chi connectivity index (χ4v) is 1.93. The van der Waals surface area contributed by atoms with Crippen LogP contribution in [0.25, 0.3) is 0 Å². The van der Waals surface area contributed by atoms with Crippen molar-refractivity contribution in [2.75, 3.05) is 0 Å². The van der Waals surface area contributed by atoms with Gasteiger partial charge in [-0.2, -0.15) is 0 Å². The molecule has 1 rings (SSSR count). The molecule has 0 amide bonds. The first-order valence-corrected chi connectivity index (χ1v) is 4.62. The SMILES string of the molecule is NC(Cc1cc(Cl)cs1)C(F)F. The summed E-state index contributed by atoms with van der Waals surface area (Å²) in [4.78, 5) is 0.799. The number of halogens is 3. The zero-order valence-electron chi connectivity index (χ0n) is 6.14. The molecular weight excluding hydrogens is 204 g/mol. The molecule has 1 aromatic rings. The predicted molar refractivity (Wildman–Crippen MR) is 47.0 cm³/mol. The third-order valence-electron chi connectivity index (χ3n) is 1.38. The summed E-state index contributed by atoms with van der Waals surface area (Å²) in [5, 5.41) is 2.28. The summed E-state index contributed by atoms with van der Waals surface area (Å²) in [6.45, 7) is 0. The minimum Gasteiger partial charge on any atom is -0.323 e. The number of hydrogen-bond acceptors (Lipinski definition) is 2. The van der Waals surface area contributed by atoms with E-state index in [1.807, 2.05) is 0 Å². The van der Waals surface area contributed by atoms with E-state index in [1.165, 1.54) is 11.3 Å². The van der Waals surface area contributed by atoms with Crippen LogP contribution in [-0.2, 0) is 6.42 Å². The van der Waals surface area contributed by atoms with Crippen molar-refractivity contribution >= 4 is 22.9 Å². The van der Waals surface area contributed by atoms with Crippen LogP contribution in [0.3, 0.4) is 0 Å². The summed E-state index contributed by atoms with van der Waals surface area (Å²) in [6, 6.07) is 0.578. The van der Waals surface area contributed by atoms with Crippen LogP contribution in [0.4, 0.5) is 8.78 Å². The van der Waals surface area contributed by atoms with Gasteiger partial charge in [-0.3, -0.25) is 0 Å². The molecule has 68 valence electrons. The van der Waals surface area contributed by atoms with Crippen LogP contribution < -0.4 is 5.73 Å². The van der Waals surface area contributed by atoms with Crippen molar-refractivity contribution in [3.63, 3.8) is 0 Å². The van der Waals surface area contributed by atoms with Gasteiger partial charge in [-0.1, -0.05) is 11.6 Å². The van der Waals surface area contributed by atoms with Crippen molar-refractivity contribution in [1.29, 1.82) is 0 Å². The van der Waals surface area contributed by atoms with Crippen molar-refractivity contribution in [2.45, 2.75) is 18.9 Å². The molecule has 0 radical (unpaired) electrons. The van der Waals surface area contributed by atoms with E-state index in [0.29, 0.717) is 5.02 Å². The van der Waals surface area contributed by atoms with E-state index in [2.05, 4.69) is 0 Å². The fraction of sp³-hybridized carbons (Fsp3) is 0.429. The fourth-order valence-electron chi connectivity index (χ4n) is 0.782. The molecule has 0 aliphatic carbocycles. The third-order valence-corrected chi connectivity index (χ3v) is 2.69. The van der Waals surface area contributed by atoms with E-state index in [4.69, 9.17) is 17.3 Å². The van der Waals surface area contributed by atoms with Gasteiger partial charge < -0.3 is 5.73 Å². The van der Waals surface area contributed by atoms with Gasteiger partial charge in [-0.05, 0) is 6.07 Å². The molecule has 1 heterocycles. The van der Waals surface area contributed by atoms with Gasteiger partial charge in [0.05, 0.1) is 11.1 Å². The molecular formula is C7H8ClF2NS. The number of rotatable bonds is 3. The predicted octanol–water partition coefficient (Wildman–Crippen LogP) is 2.54. The molecule has 12 heavy (non-hydrogen) atoms. The lowest BCUT2D eigenvalue weighted by Gasteiger charge is -2.07. The highest BCUT2D eigenvalue weighted by Crippen LogP contribution is 2.21. The van der Waals surface area contributed by atoms with Crippen LogP contribution in [0.2, 0.25) is 5.02 Å². The zero-order valence-corrected chi connectivity index (χ0v) is 7.71. The third kappa shape index (κ3) is 2.69. The minimum atomic E-state index is -2.47. The Morgan fingerprint density at radius 3 is 2.67 bits per heavy atom. The van der Waals surface area contributed by atoms with Gasteiger partial charge in [0.15, 0.2) is 0 Å². The van der Waals surface area contributed by atoms with Crippen molar-refractivity contribution in [3.8, 4) is 0 Å². The molecule has 0 saturated carbocycles. The molecule has 0 bridgehead atoms. The lowest BCUT2D eigenvalue weighted by atomic mass is 10.2. The molecule has 0 fully saturated rings. The molecule has 1 aromatic heterocycles. The average molecular weight is 212 g/mol. The maximum Gasteiger partial charge on any atom is 0.253 e. The van der Waals surface area contributed by atoms with Crippen LogP contribution in [0.1, 0.15) is 4.88 Å². The van der Waals surface area contributed by atoms with E-state index >= 15 is 0 Å². The van der Waals surface area contributed by atoms with Gasteiger partial charge in [-0.25, -0.2) is 8.78 Å². The van der Waals surface area contributed by atoms with E-state index in [0.717, 1.165) is 4.88 Å². The maximum atomic E-state index is 12.0. The monoisotopic (exact) mass is 211 g/mol.